The fourth-order valence-corrected chi connectivity index (χ4v) is 2.03. The molecule has 3 heteroatoms. The second-order valence-corrected chi connectivity index (χ2v) is 4.08. The topological polar surface area (TPSA) is 38.5 Å². The van der Waals surface area contributed by atoms with E-state index in [1.165, 1.54) is 11.1 Å². The van der Waals surface area contributed by atoms with Crippen molar-refractivity contribution in [3.63, 3.8) is 0 Å². The highest BCUT2D eigenvalue weighted by molar-refractivity contribution is 5.57. The quantitative estimate of drug-likeness (QED) is 0.748. The number of ether oxygens (including phenoxy) is 1. The van der Waals surface area contributed by atoms with Crippen molar-refractivity contribution in [2.45, 2.75) is 19.9 Å². The highest BCUT2D eigenvalue weighted by Crippen LogP contribution is 2.29. The molecule has 0 atom stereocenters. The maximum atomic E-state index is 5.93. The van der Waals surface area contributed by atoms with Crippen LogP contribution >= 0.6 is 0 Å². The van der Waals surface area contributed by atoms with Gasteiger partial charge in [-0.1, -0.05) is 0 Å². The smallest absolute Gasteiger partial charge is 0.142 e. The van der Waals surface area contributed by atoms with Crippen molar-refractivity contribution in [3.8, 4) is 5.75 Å². The Hall–Kier alpha value is -1.22. The number of benzene rings is 1. The van der Waals surface area contributed by atoms with Gasteiger partial charge in [-0.25, -0.2) is 0 Å². The molecule has 82 valence electrons. The van der Waals surface area contributed by atoms with Gasteiger partial charge in [0.25, 0.3) is 0 Å². The fourth-order valence-electron chi connectivity index (χ4n) is 2.03. The Balaban J connectivity index is 2.33. The highest BCUT2D eigenvalue weighted by Gasteiger charge is 2.15. The SMILES string of the molecule is CCOc1cc2c(cc1N)CN(C)CC2. The maximum absolute atomic E-state index is 5.93. The summed E-state index contributed by atoms with van der Waals surface area (Å²) in [7, 11) is 2.13. The molecule has 1 aliphatic heterocycles. The first-order chi connectivity index (χ1) is 7.20. The van der Waals surface area contributed by atoms with E-state index in [4.69, 9.17) is 10.5 Å². The summed E-state index contributed by atoms with van der Waals surface area (Å²) in [5, 5.41) is 0. The van der Waals surface area contributed by atoms with Gasteiger partial charge >= 0.3 is 0 Å². The molecule has 1 aliphatic rings. The van der Waals surface area contributed by atoms with Gasteiger partial charge in [-0.3, -0.25) is 0 Å². The third-order valence-corrected chi connectivity index (χ3v) is 2.83. The standard InChI is InChI=1S/C12H18N2O/c1-3-15-12-7-9-4-5-14(2)8-10(9)6-11(12)13/h6-7H,3-5,8,13H2,1-2H3. The third kappa shape index (κ3) is 2.07. The molecule has 15 heavy (non-hydrogen) atoms. The number of nitrogens with zero attached hydrogens (tertiary/aromatic N) is 1. The molecule has 1 aromatic rings. The van der Waals surface area contributed by atoms with Crippen LogP contribution in [0.1, 0.15) is 18.1 Å². The number of fused-ring (bicyclic) bond motifs is 1. The van der Waals surface area contributed by atoms with Crippen molar-refractivity contribution in [2.75, 3.05) is 25.9 Å². The lowest BCUT2D eigenvalue weighted by Crippen LogP contribution is -2.26. The third-order valence-electron chi connectivity index (χ3n) is 2.83. The maximum Gasteiger partial charge on any atom is 0.142 e. The minimum atomic E-state index is 0.670. The summed E-state index contributed by atoms with van der Waals surface area (Å²) < 4.78 is 5.49. The monoisotopic (exact) mass is 206 g/mol. The predicted molar refractivity (Wildman–Crippen MR) is 62.1 cm³/mol. The Morgan fingerprint density at radius 2 is 2.20 bits per heavy atom. The van der Waals surface area contributed by atoms with E-state index in [1.807, 2.05) is 6.92 Å². The Bertz CT molecular complexity index is 363. The van der Waals surface area contributed by atoms with Crippen molar-refractivity contribution in [1.29, 1.82) is 0 Å². The number of anilines is 1. The van der Waals surface area contributed by atoms with Gasteiger partial charge in [-0.05, 0) is 43.7 Å². The predicted octanol–water partition coefficient (Wildman–Crippen LogP) is 1.66. The first-order valence-electron chi connectivity index (χ1n) is 5.43. The summed E-state index contributed by atoms with van der Waals surface area (Å²) in [6, 6.07) is 4.15. The lowest BCUT2D eigenvalue weighted by atomic mass is 9.99. The van der Waals surface area contributed by atoms with Crippen molar-refractivity contribution in [3.05, 3.63) is 23.3 Å². The van der Waals surface area contributed by atoms with Crippen LogP contribution in [-0.4, -0.2) is 25.1 Å². The van der Waals surface area contributed by atoms with Crippen LogP contribution < -0.4 is 10.5 Å². The molecule has 0 saturated heterocycles. The zero-order valence-electron chi connectivity index (χ0n) is 9.42. The molecular formula is C12H18N2O. The molecule has 2 rings (SSSR count). The zero-order valence-corrected chi connectivity index (χ0v) is 9.42. The van der Waals surface area contributed by atoms with E-state index in [2.05, 4.69) is 24.1 Å². The van der Waals surface area contributed by atoms with Crippen molar-refractivity contribution < 1.29 is 4.74 Å². The molecule has 0 amide bonds. The van der Waals surface area contributed by atoms with Crippen molar-refractivity contribution in [2.24, 2.45) is 0 Å². The average Bonchev–Trinajstić information content (AvgIpc) is 2.20. The van der Waals surface area contributed by atoms with E-state index in [-0.39, 0.29) is 0 Å². The molecule has 0 saturated carbocycles. The molecule has 1 heterocycles. The summed E-state index contributed by atoms with van der Waals surface area (Å²) >= 11 is 0. The van der Waals surface area contributed by atoms with Crippen LogP contribution in [0.4, 0.5) is 5.69 Å². The molecule has 0 unspecified atom stereocenters. The van der Waals surface area contributed by atoms with Gasteiger partial charge in [0.15, 0.2) is 0 Å². The van der Waals surface area contributed by atoms with Crippen LogP contribution in [0.3, 0.4) is 0 Å². The van der Waals surface area contributed by atoms with E-state index in [0.717, 1.165) is 30.9 Å². The molecule has 0 spiro atoms. The number of rotatable bonds is 2. The Labute approximate surface area is 90.8 Å². The molecular weight excluding hydrogens is 188 g/mol. The van der Waals surface area contributed by atoms with Crippen LogP contribution in [0, 0.1) is 0 Å². The fraction of sp³-hybridized carbons (Fsp3) is 0.500. The minimum absolute atomic E-state index is 0.670. The van der Waals surface area contributed by atoms with Crippen LogP contribution in [0.5, 0.6) is 5.75 Å². The molecule has 0 aliphatic carbocycles. The van der Waals surface area contributed by atoms with Crippen molar-refractivity contribution >= 4 is 5.69 Å². The second kappa shape index (κ2) is 4.11. The van der Waals surface area contributed by atoms with Crippen LogP contribution in [-0.2, 0) is 13.0 Å². The van der Waals surface area contributed by atoms with E-state index in [1.54, 1.807) is 0 Å². The lowest BCUT2D eigenvalue weighted by Gasteiger charge is -2.25. The largest absolute Gasteiger partial charge is 0.492 e. The van der Waals surface area contributed by atoms with E-state index < -0.39 is 0 Å². The normalized spacial score (nSPS) is 16.1. The Kier molecular flexibility index (Phi) is 2.82. The van der Waals surface area contributed by atoms with Gasteiger partial charge in [0.05, 0.1) is 12.3 Å². The second-order valence-electron chi connectivity index (χ2n) is 4.08. The van der Waals surface area contributed by atoms with E-state index in [9.17, 15) is 0 Å². The van der Waals surface area contributed by atoms with Gasteiger partial charge in [-0.15, -0.1) is 0 Å². The molecule has 0 aromatic heterocycles. The minimum Gasteiger partial charge on any atom is -0.492 e. The zero-order chi connectivity index (χ0) is 10.8. The number of nitrogen functional groups attached to an aromatic ring is 1. The number of likely N-dealkylation sites (N-methyl/N-ethyl adjacent to an activating group) is 1. The molecule has 1 aromatic carbocycles. The molecule has 2 N–H and O–H groups in total. The van der Waals surface area contributed by atoms with Crippen LogP contribution in [0.15, 0.2) is 12.1 Å². The molecule has 0 fully saturated rings. The van der Waals surface area contributed by atoms with Crippen LogP contribution in [0.25, 0.3) is 0 Å². The average molecular weight is 206 g/mol. The highest BCUT2D eigenvalue weighted by atomic mass is 16.5. The lowest BCUT2D eigenvalue weighted by molar-refractivity contribution is 0.310. The first-order valence-corrected chi connectivity index (χ1v) is 5.43. The summed E-state index contributed by atoms with van der Waals surface area (Å²) in [6.45, 7) is 4.75. The summed E-state index contributed by atoms with van der Waals surface area (Å²) in [5.41, 5.74) is 9.41. The molecule has 0 bridgehead atoms. The van der Waals surface area contributed by atoms with E-state index >= 15 is 0 Å². The Morgan fingerprint density at radius 3 is 2.93 bits per heavy atom. The number of hydrogen-bond donors (Lipinski definition) is 1. The van der Waals surface area contributed by atoms with Gasteiger partial charge in [0.1, 0.15) is 5.75 Å². The molecule has 3 nitrogen and oxygen atoms in total. The van der Waals surface area contributed by atoms with Gasteiger partial charge in [0.2, 0.25) is 0 Å². The van der Waals surface area contributed by atoms with Crippen LogP contribution in [0.2, 0.25) is 0 Å². The van der Waals surface area contributed by atoms with Crippen molar-refractivity contribution in [1.82, 2.24) is 4.90 Å². The number of hydrogen-bond acceptors (Lipinski definition) is 3. The summed E-state index contributed by atoms with van der Waals surface area (Å²) in [5.74, 6) is 0.834. The van der Waals surface area contributed by atoms with Gasteiger partial charge < -0.3 is 15.4 Å². The molecule has 0 radical (unpaired) electrons. The number of nitrogens with two attached hydrogens (primary N) is 1. The van der Waals surface area contributed by atoms with E-state index in [0.29, 0.717) is 6.61 Å². The summed E-state index contributed by atoms with van der Waals surface area (Å²) in [6.07, 6.45) is 1.09. The first kappa shape index (κ1) is 10.3. The summed E-state index contributed by atoms with van der Waals surface area (Å²) in [4.78, 5) is 2.31. The van der Waals surface area contributed by atoms with Gasteiger partial charge in [0, 0.05) is 13.1 Å². The van der Waals surface area contributed by atoms with Gasteiger partial charge in [-0.2, -0.15) is 0 Å². The Morgan fingerprint density at radius 1 is 1.40 bits per heavy atom.